The lowest BCUT2D eigenvalue weighted by Crippen LogP contribution is -2.38. The molecule has 0 unspecified atom stereocenters. The fraction of sp³-hybridized carbons (Fsp3) is 0.533. The SMILES string of the molecule is O=C(CCC(F)(F)F)N1CCC(c2ccccc2)CC1. The van der Waals surface area contributed by atoms with Crippen molar-refractivity contribution in [2.45, 2.75) is 37.8 Å². The van der Waals surface area contributed by atoms with Gasteiger partial charge in [-0.25, -0.2) is 0 Å². The zero-order valence-corrected chi connectivity index (χ0v) is 11.2. The van der Waals surface area contributed by atoms with Crippen LogP contribution >= 0.6 is 0 Å². The fourth-order valence-electron chi connectivity index (χ4n) is 2.59. The molecule has 0 radical (unpaired) electrons. The van der Waals surface area contributed by atoms with Gasteiger partial charge in [0.2, 0.25) is 5.91 Å². The predicted octanol–water partition coefficient (Wildman–Crippen LogP) is 3.74. The van der Waals surface area contributed by atoms with Crippen LogP contribution in [0.4, 0.5) is 13.2 Å². The Labute approximate surface area is 116 Å². The van der Waals surface area contributed by atoms with Crippen molar-refractivity contribution in [2.75, 3.05) is 13.1 Å². The number of benzene rings is 1. The minimum absolute atomic E-state index is 0.381. The van der Waals surface area contributed by atoms with Crippen LogP contribution in [0.1, 0.15) is 37.2 Å². The van der Waals surface area contributed by atoms with Gasteiger partial charge in [-0.1, -0.05) is 30.3 Å². The summed E-state index contributed by atoms with van der Waals surface area (Å²) in [6.07, 6.45) is -4.06. The van der Waals surface area contributed by atoms with Crippen LogP contribution in [0.2, 0.25) is 0 Å². The molecule has 1 aromatic rings. The molecule has 1 fully saturated rings. The second-order valence-electron chi connectivity index (χ2n) is 5.18. The first-order chi connectivity index (χ1) is 9.46. The highest BCUT2D eigenvalue weighted by molar-refractivity contribution is 5.76. The van der Waals surface area contributed by atoms with Gasteiger partial charge in [0.15, 0.2) is 0 Å². The molecule has 1 aliphatic heterocycles. The topological polar surface area (TPSA) is 20.3 Å². The third-order valence-electron chi connectivity index (χ3n) is 3.74. The molecule has 0 aliphatic carbocycles. The summed E-state index contributed by atoms with van der Waals surface area (Å²) < 4.78 is 36.3. The summed E-state index contributed by atoms with van der Waals surface area (Å²) in [7, 11) is 0. The van der Waals surface area contributed by atoms with E-state index in [1.54, 1.807) is 4.90 Å². The third kappa shape index (κ3) is 4.25. The van der Waals surface area contributed by atoms with Crippen LogP contribution in [0.25, 0.3) is 0 Å². The molecule has 1 aliphatic rings. The zero-order valence-electron chi connectivity index (χ0n) is 11.2. The number of likely N-dealkylation sites (tertiary alicyclic amines) is 1. The van der Waals surface area contributed by atoms with E-state index in [1.165, 1.54) is 5.56 Å². The van der Waals surface area contributed by atoms with E-state index in [0.717, 1.165) is 12.8 Å². The number of nitrogens with zero attached hydrogens (tertiary/aromatic N) is 1. The number of carbonyl (C=O) groups excluding carboxylic acids is 1. The Bertz CT molecular complexity index is 436. The van der Waals surface area contributed by atoms with Gasteiger partial charge in [0.25, 0.3) is 0 Å². The average molecular weight is 285 g/mol. The van der Waals surface area contributed by atoms with Crippen molar-refractivity contribution in [1.29, 1.82) is 0 Å². The third-order valence-corrected chi connectivity index (χ3v) is 3.74. The molecule has 0 spiro atoms. The maximum absolute atomic E-state index is 12.1. The first-order valence-electron chi connectivity index (χ1n) is 6.85. The molecule has 1 aromatic carbocycles. The van der Waals surface area contributed by atoms with Crippen molar-refractivity contribution in [2.24, 2.45) is 0 Å². The van der Waals surface area contributed by atoms with E-state index < -0.39 is 19.0 Å². The molecule has 1 amide bonds. The lowest BCUT2D eigenvalue weighted by Gasteiger charge is -2.32. The van der Waals surface area contributed by atoms with Gasteiger partial charge in [-0.05, 0) is 24.3 Å². The largest absolute Gasteiger partial charge is 0.389 e. The van der Waals surface area contributed by atoms with E-state index in [9.17, 15) is 18.0 Å². The lowest BCUT2D eigenvalue weighted by atomic mass is 9.89. The van der Waals surface area contributed by atoms with Gasteiger partial charge in [0, 0.05) is 19.5 Å². The van der Waals surface area contributed by atoms with E-state index in [1.807, 2.05) is 18.2 Å². The van der Waals surface area contributed by atoms with Crippen molar-refractivity contribution in [3.8, 4) is 0 Å². The van der Waals surface area contributed by atoms with E-state index >= 15 is 0 Å². The Morgan fingerprint density at radius 3 is 2.30 bits per heavy atom. The average Bonchev–Trinajstić information content (AvgIpc) is 2.45. The summed E-state index contributed by atoms with van der Waals surface area (Å²) in [5.41, 5.74) is 1.25. The Hall–Kier alpha value is -1.52. The molecule has 0 aromatic heterocycles. The summed E-state index contributed by atoms with van der Waals surface area (Å²) >= 11 is 0. The van der Waals surface area contributed by atoms with E-state index in [-0.39, 0.29) is 5.91 Å². The van der Waals surface area contributed by atoms with Crippen LogP contribution in [0.3, 0.4) is 0 Å². The molecular weight excluding hydrogens is 267 g/mol. The summed E-state index contributed by atoms with van der Waals surface area (Å²) in [5, 5.41) is 0. The molecule has 2 nitrogen and oxygen atoms in total. The quantitative estimate of drug-likeness (QED) is 0.828. The van der Waals surface area contributed by atoms with Crippen molar-refractivity contribution < 1.29 is 18.0 Å². The fourth-order valence-corrected chi connectivity index (χ4v) is 2.59. The van der Waals surface area contributed by atoms with Gasteiger partial charge >= 0.3 is 6.18 Å². The molecule has 1 heterocycles. The number of carbonyl (C=O) groups is 1. The summed E-state index contributed by atoms with van der Waals surface area (Å²) in [4.78, 5) is 13.3. The van der Waals surface area contributed by atoms with Gasteiger partial charge < -0.3 is 4.90 Å². The molecule has 5 heteroatoms. The standard InChI is InChI=1S/C15H18F3NO/c16-15(17,18)9-6-14(20)19-10-7-13(8-11-19)12-4-2-1-3-5-12/h1-5,13H,6-11H2. The molecular formula is C15H18F3NO. The second-order valence-corrected chi connectivity index (χ2v) is 5.18. The van der Waals surface area contributed by atoms with Crippen LogP contribution in [0, 0.1) is 0 Å². The smallest absolute Gasteiger partial charge is 0.343 e. The molecule has 0 saturated carbocycles. The number of alkyl halides is 3. The number of hydrogen-bond donors (Lipinski definition) is 0. The maximum Gasteiger partial charge on any atom is 0.389 e. The molecule has 2 rings (SSSR count). The summed E-state index contributed by atoms with van der Waals surface area (Å²) in [6.45, 7) is 1.10. The van der Waals surface area contributed by atoms with Crippen molar-refractivity contribution >= 4 is 5.91 Å². The predicted molar refractivity (Wildman–Crippen MR) is 70.3 cm³/mol. The molecule has 0 N–H and O–H groups in total. The van der Waals surface area contributed by atoms with Gasteiger partial charge in [0.1, 0.15) is 0 Å². The van der Waals surface area contributed by atoms with Crippen molar-refractivity contribution in [3.05, 3.63) is 35.9 Å². The Morgan fingerprint density at radius 2 is 1.75 bits per heavy atom. The van der Waals surface area contributed by atoms with Crippen molar-refractivity contribution in [3.63, 3.8) is 0 Å². The van der Waals surface area contributed by atoms with Crippen LogP contribution in [-0.2, 0) is 4.79 Å². The minimum Gasteiger partial charge on any atom is -0.343 e. The zero-order chi connectivity index (χ0) is 14.6. The Kier molecular flexibility index (Phi) is 4.68. The van der Waals surface area contributed by atoms with Gasteiger partial charge in [-0.3, -0.25) is 4.79 Å². The molecule has 20 heavy (non-hydrogen) atoms. The monoisotopic (exact) mass is 285 g/mol. The van der Waals surface area contributed by atoms with Crippen LogP contribution in [-0.4, -0.2) is 30.1 Å². The molecule has 1 saturated heterocycles. The molecule has 0 bridgehead atoms. The summed E-state index contributed by atoms with van der Waals surface area (Å²) in [5.74, 6) is 0.0247. The maximum atomic E-state index is 12.1. The van der Waals surface area contributed by atoms with Gasteiger partial charge in [-0.2, -0.15) is 13.2 Å². The normalized spacial score (nSPS) is 17.2. The van der Waals surface area contributed by atoms with Gasteiger partial charge in [-0.15, -0.1) is 0 Å². The van der Waals surface area contributed by atoms with Gasteiger partial charge in [0.05, 0.1) is 6.42 Å². The Morgan fingerprint density at radius 1 is 1.15 bits per heavy atom. The highest BCUT2D eigenvalue weighted by Gasteiger charge is 2.30. The Balaban J connectivity index is 1.81. The number of amides is 1. The number of halogens is 3. The molecule has 0 atom stereocenters. The summed E-state index contributed by atoms with van der Waals surface area (Å²) in [6, 6.07) is 10.0. The number of piperidine rings is 1. The highest BCUT2D eigenvalue weighted by Crippen LogP contribution is 2.28. The first kappa shape index (κ1) is 14.9. The van der Waals surface area contributed by atoms with Crippen LogP contribution < -0.4 is 0 Å². The van der Waals surface area contributed by atoms with E-state index in [2.05, 4.69) is 12.1 Å². The minimum atomic E-state index is -4.25. The number of rotatable bonds is 3. The lowest BCUT2D eigenvalue weighted by molar-refractivity contribution is -0.149. The number of hydrogen-bond acceptors (Lipinski definition) is 1. The van der Waals surface area contributed by atoms with Crippen LogP contribution in [0.15, 0.2) is 30.3 Å². The van der Waals surface area contributed by atoms with Crippen molar-refractivity contribution in [1.82, 2.24) is 4.90 Å². The molecule has 110 valence electrons. The van der Waals surface area contributed by atoms with E-state index in [4.69, 9.17) is 0 Å². The highest BCUT2D eigenvalue weighted by atomic mass is 19.4. The van der Waals surface area contributed by atoms with E-state index in [0.29, 0.717) is 19.0 Å². The second kappa shape index (κ2) is 6.29. The first-order valence-corrected chi connectivity index (χ1v) is 6.85. The van der Waals surface area contributed by atoms with Crippen LogP contribution in [0.5, 0.6) is 0 Å².